The maximum atomic E-state index is 13.3. The summed E-state index contributed by atoms with van der Waals surface area (Å²) < 4.78 is 18.9. The van der Waals surface area contributed by atoms with Gasteiger partial charge < -0.3 is 9.94 Å². The molecule has 2 aromatic carbocycles. The van der Waals surface area contributed by atoms with Gasteiger partial charge in [-0.05, 0) is 23.3 Å². The molecular formula is C16H14FNO2. The lowest BCUT2D eigenvalue weighted by atomic mass is 10.1. The van der Waals surface area contributed by atoms with Crippen LogP contribution in [0, 0.1) is 5.82 Å². The SMILES string of the molecule is C=Cc1ccccc1COc1cc(F)ccc1/C=N/O. The third kappa shape index (κ3) is 3.23. The summed E-state index contributed by atoms with van der Waals surface area (Å²) in [5, 5.41) is 11.5. The Balaban J connectivity index is 2.22. The summed E-state index contributed by atoms with van der Waals surface area (Å²) in [6.07, 6.45) is 2.94. The van der Waals surface area contributed by atoms with Gasteiger partial charge in [-0.3, -0.25) is 0 Å². The normalized spacial score (nSPS) is 10.7. The van der Waals surface area contributed by atoms with Gasteiger partial charge in [0.15, 0.2) is 0 Å². The van der Waals surface area contributed by atoms with Crippen LogP contribution in [0.1, 0.15) is 16.7 Å². The topological polar surface area (TPSA) is 41.8 Å². The molecule has 102 valence electrons. The van der Waals surface area contributed by atoms with E-state index in [0.717, 1.165) is 11.1 Å². The third-order valence-electron chi connectivity index (χ3n) is 2.83. The zero-order valence-corrected chi connectivity index (χ0v) is 10.8. The molecule has 0 saturated heterocycles. The summed E-state index contributed by atoms with van der Waals surface area (Å²) in [6, 6.07) is 11.7. The van der Waals surface area contributed by atoms with Crippen LogP contribution in [0.5, 0.6) is 5.75 Å². The molecule has 0 saturated carbocycles. The first-order chi connectivity index (χ1) is 9.74. The lowest BCUT2D eigenvalue weighted by molar-refractivity contribution is 0.302. The Morgan fingerprint density at radius 1 is 1.20 bits per heavy atom. The van der Waals surface area contributed by atoms with Crippen LogP contribution < -0.4 is 4.74 Å². The van der Waals surface area contributed by atoms with E-state index in [0.29, 0.717) is 11.3 Å². The van der Waals surface area contributed by atoms with Crippen molar-refractivity contribution < 1.29 is 14.3 Å². The van der Waals surface area contributed by atoms with E-state index >= 15 is 0 Å². The second kappa shape index (κ2) is 6.52. The fourth-order valence-corrected chi connectivity index (χ4v) is 1.82. The Morgan fingerprint density at radius 3 is 2.75 bits per heavy atom. The number of hydrogen-bond acceptors (Lipinski definition) is 3. The lowest BCUT2D eigenvalue weighted by Crippen LogP contribution is -2.00. The number of nitrogens with zero attached hydrogens (tertiary/aromatic N) is 1. The van der Waals surface area contributed by atoms with Crippen LogP contribution in [-0.4, -0.2) is 11.4 Å². The summed E-state index contributed by atoms with van der Waals surface area (Å²) in [7, 11) is 0. The highest BCUT2D eigenvalue weighted by Crippen LogP contribution is 2.21. The molecule has 3 nitrogen and oxygen atoms in total. The van der Waals surface area contributed by atoms with Crippen LogP contribution >= 0.6 is 0 Å². The van der Waals surface area contributed by atoms with Crippen molar-refractivity contribution in [3.63, 3.8) is 0 Å². The molecular weight excluding hydrogens is 257 g/mol. The summed E-state index contributed by atoms with van der Waals surface area (Å²) in [4.78, 5) is 0. The quantitative estimate of drug-likeness (QED) is 0.510. The summed E-state index contributed by atoms with van der Waals surface area (Å²) in [6.45, 7) is 4.01. The molecule has 2 aromatic rings. The highest BCUT2D eigenvalue weighted by Gasteiger charge is 2.06. The molecule has 0 aromatic heterocycles. The van der Waals surface area contributed by atoms with Gasteiger partial charge in [0, 0.05) is 11.6 Å². The van der Waals surface area contributed by atoms with Gasteiger partial charge in [-0.2, -0.15) is 0 Å². The first kappa shape index (κ1) is 13.8. The van der Waals surface area contributed by atoms with Gasteiger partial charge in [-0.15, -0.1) is 0 Å². The molecule has 1 N–H and O–H groups in total. The van der Waals surface area contributed by atoms with Crippen LogP contribution in [0.25, 0.3) is 6.08 Å². The Labute approximate surface area is 116 Å². The molecule has 0 amide bonds. The van der Waals surface area contributed by atoms with Crippen molar-refractivity contribution in [1.82, 2.24) is 0 Å². The van der Waals surface area contributed by atoms with Gasteiger partial charge in [-0.1, -0.05) is 42.1 Å². The Kier molecular flexibility index (Phi) is 4.50. The Morgan fingerprint density at radius 2 is 2.00 bits per heavy atom. The highest BCUT2D eigenvalue weighted by atomic mass is 19.1. The number of oxime groups is 1. The van der Waals surface area contributed by atoms with E-state index in [2.05, 4.69) is 11.7 Å². The fourth-order valence-electron chi connectivity index (χ4n) is 1.82. The minimum Gasteiger partial charge on any atom is -0.488 e. The zero-order valence-electron chi connectivity index (χ0n) is 10.8. The van der Waals surface area contributed by atoms with Gasteiger partial charge in [0.05, 0.1) is 6.21 Å². The van der Waals surface area contributed by atoms with Gasteiger partial charge in [0.2, 0.25) is 0 Å². The monoisotopic (exact) mass is 271 g/mol. The molecule has 0 atom stereocenters. The average Bonchev–Trinajstić information content (AvgIpc) is 2.48. The van der Waals surface area contributed by atoms with Gasteiger partial charge in [0.1, 0.15) is 18.2 Å². The predicted molar refractivity (Wildman–Crippen MR) is 76.6 cm³/mol. The maximum absolute atomic E-state index is 13.3. The van der Waals surface area contributed by atoms with Gasteiger partial charge >= 0.3 is 0 Å². The Hall–Kier alpha value is -2.62. The summed E-state index contributed by atoms with van der Waals surface area (Å²) in [5.74, 6) is -0.0891. The van der Waals surface area contributed by atoms with Crippen LogP contribution in [0.4, 0.5) is 4.39 Å². The molecule has 0 aliphatic rings. The molecule has 0 spiro atoms. The van der Waals surface area contributed by atoms with Crippen molar-refractivity contribution in [3.8, 4) is 5.75 Å². The van der Waals surface area contributed by atoms with E-state index in [9.17, 15) is 4.39 Å². The summed E-state index contributed by atoms with van der Waals surface area (Å²) in [5.41, 5.74) is 2.41. The number of hydrogen-bond donors (Lipinski definition) is 1. The van der Waals surface area contributed by atoms with E-state index in [1.54, 1.807) is 6.08 Å². The average molecular weight is 271 g/mol. The van der Waals surface area contributed by atoms with E-state index in [1.807, 2.05) is 24.3 Å². The van der Waals surface area contributed by atoms with Crippen molar-refractivity contribution in [2.24, 2.45) is 5.16 Å². The maximum Gasteiger partial charge on any atom is 0.131 e. The van der Waals surface area contributed by atoms with Crippen molar-refractivity contribution in [2.45, 2.75) is 6.61 Å². The molecule has 0 bridgehead atoms. The standard InChI is InChI=1S/C16H14FNO2/c1-2-12-5-3-4-6-14(12)11-20-16-9-15(17)8-7-13(16)10-18-19/h2-10,19H,1,11H2/b18-10+. The van der Waals surface area contributed by atoms with Crippen molar-refractivity contribution in [2.75, 3.05) is 0 Å². The van der Waals surface area contributed by atoms with Crippen molar-refractivity contribution in [3.05, 3.63) is 71.6 Å². The highest BCUT2D eigenvalue weighted by molar-refractivity contribution is 5.83. The molecule has 4 heteroatoms. The lowest BCUT2D eigenvalue weighted by Gasteiger charge is -2.11. The van der Waals surface area contributed by atoms with Crippen LogP contribution in [0.3, 0.4) is 0 Å². The fraction of sp³-hybridized carbons (Fsp3) is 0.0625. The third-order valence-corrected chi connectivity index (χ3v) is 2.83. The smallest absolute Gasteiger partial charge is 0.131 e. The van der Waals surface area contributed by atoms with E-state index in [-0.39, 0.29) is 6.61 Å². The molecule has 0 unspecified atom stereocenters. The first-order valence-electron chi connectivity index (χ1n) is 6.04. The molecule has 0 aliphatic heterocycles. The van der Waals surface area contributed by atoms with Gasteiger partial charge in [-0.25, -0.2) is 4.39 Å². The zero-order chi connectivity index (χ0) is 14.4. The number of halogens is 1. The summed E-state index contributed by atoms with van der Waals surface area (Å²) >= 11 is 0. The predicted octanol–water partition coefficient (Wildman–Crippen LogP) is 3.86. The van der Waals surface area contributed by atoms with E-state index < -0.39 is 5.82 Å². The van der Waals surface area contributed by atoms with Crippen molar-refractivity contribution >= 4 is 12.3 Å². The van der Waals surface area contributed by atoms with Crippen LogP contribution in [0.15, 0.2) is 54.2 Å². The number of benzene rings is 2. The molecule has 0 fully saturated rings. The second-order valence-corrected chi connectivity index (χ2v) is 4.12. The van der Waals surface area contributed by atoms with Crippen LogP contribution in [-0.2, 0) is 6.61 Å². The molecule has 0 radical (unpaired) electrons. The molecule has 0 aliphatic carbocycles. The second-order valence-electron chi connectivity index (χ2n) is 4.12. The minimum atomic E-state index is -0.410. The van der Waals surface area contributed by atoms with Crippen molar-refractivity contribution in [1.29, 1.82) is 0 Å². The molecule has 2 rings (SSSR count). The van der Waals surface area contributed by atoms with Crippen LogP contribution in [0.2, 0.25) is 0 Å². The van der Waals surface area contributed by atoms with E-state index in [4.69, 9.17) is 9.94 Å². The van der Waals surface area contributed by atoms with Gasteiger partial charge in [0.25, 0.3) is 0 Å². The van der Waals surface area contributed by atoms with E-state index in [1.165, 1.54) is 24.4 Å². The molecule has 0 heterocycles. The number of ether oxygens (including phenoxy) is 1. The number of rotatable bonds is 5. The first-order valence-corrected chi connectivity index (χ1v) is 6.04. The Bertz CT molecular complexity index is 638. The largest absolute Gasteiger partial charge is 0.488 e. The minimum absolute atomic E-state index is 0.276. The molecule has 20 heavy (non-hydrogen) atoms.